The molecule has 1 heterocycles. The maximum atomic E-state index is 11.1. The fourth-order valence-corrected chi connectivity index (χ4v) is 2.62. The van der Waals surface area contributed by atoms with Crippen LogP contribution in [0.15, 0.2) is 10.5 Å². The molecule has 1 aromatic rings. The molecular formula is C12H13BrO2. The standard InChI is InChI=1S/C12H13BrO2/c1-7(2)11-9(6-14)10(13)5-8-3-4-15-12(8)11/h5-7H,3-4H2,1-2H3. The first kappa shape index (κ1) is 10.7. The van der Waals surface area contributed by atoms with Gasteiger partial charge in [-0.1, -0.05) is 29.8 Å². The van der Waals surface area contributed by atoms with Crippen LogP contribution >= 0.6 is 15.9 Å². The number of hydrogen-bond donors (Lipinski definition) is 0. The Labute approximate surface area is 97.8 Å². The van der Waals surface area contributed by atoms with Crippen LogP contribution in [0, 0.1) is 0 Å². The third kappa shape index (κ3) is 1.69. The molecule has 0 fully saturated rings. The Morgan fingerprint density at radius 2 is 2.27 bits per heavy atom. The van der Waals surface area contributed by atoms with Crippen molar-refractivity contribution in [2.75, 3.05) is 6.61 Å². The number of aldehydes is 1. The highest BCUT2D eigenvalue weighted by molar-refractivity contribution is 9.10. The Balaban J connectivity index is 2.71. The first-order chi connectivity index (χ1) is 7.15. The van der Waals surface area contributed by atoms with E-state index < -0.39 is 0 Å². The van der Waals surface area contributed by atoms with Gasteiger partial charge in [0.25, 0.3) is 0 Å². The van der Waals surface area contributed by atoms with E-state index in [1.807, 2.05) is 6.07 Å². The summed E-state index contributed by atoms with van der Waals surface area (Å²) in [6.07, 6.45) is 1.84. The molecule has 1 aromatic carbocycles. The Morgan fingerprint density at radius 3 is 2.87 bits per heavy atom. The van der Waals surface area contributed by atoms with Crippen molar-refractivity contribution in [1.82, 2.24) is 0 Å². The van der Waals surface area contributed by atoms with Crippen molar-refractivity contribution in [2.45, 2.75) is 26.2 Å². The van der Waals surface area contributed by atoms with Crippen molar-refractivity contribution < 1.29 is 9.53 Å². The third-order valence-electron chi connectivity index (χ3n) is 2.70. The SMILES string of the molecule is CC(C)c1c(C=O)c(Br)cc2c1OCC2. The van der Waals surface area contributed by atoms with Crippen LogP contribution < -0.4 is 4.74 Å². The molecule has 0 bridgehead atoms. The Hall–Kier alpha value is -0.830. The molecule has 2 nitrogen and oxygen atoms in total. The Bertz CT molecular complexity index is 411. The zero-order valence-corrected chi connectivity index (χ0v) is 10.4. The van der Waals surface area contributed by atoms with E-state index in [-0.39, 0.29) is 0 Å². The molecule has 0 aromatic heterocycles. The van der Waals surface area contributed by atoms with Gasteiger partial charge >= 0.3 is 0 Å². The van der Waals surface area contributed by atoms with Gasteiger partial charge in [0, 0.05) is 22.0 Å². The van der Waals surface area contributed by atoms with E-state index in [1.165, 1.54) is 5.56 Å². The lowest BCUT2D eigenvalue weighted by molar-refractivity contribution is 0.112. The van der Waals surface area contributed by atoms with E-state index in [1.54, 1.807) is 0 Å². The van der Waals surface area contributed by atoms with Crippen LogP contribution in [-0.4, -0.2) is 12.9 Å². The average molecular weight is 269 g/mol. The van der Waals surface area contributed by atoms with Crippen molar-refractivity contribution >= 4 is 22.2 Å². The first-order valence-electron chi connectivity index (χ1n) is 5.08. The summed E-state index contributed by atoms with van der Waals surface area (Å²) in [5.41, 5.74) is 2.97. The summed E-state index contributed by atoms with van der Waals surface area (Å²) >= 11 is 3.44. The molecule has 2 rings (SSSR count). The molecule has 80 valence electrons. The normalized spacial score (nSPS) is 13.9. The van der Waals surface area contributed by atoms with Gasteiger partial charge in [0.2, 0.25) is 0 Å². The lowest BCUT2D eigenvalue weighted by atomic mass is 9.94. The summed E-state index contributed by atoms with van der Waals surface area (Å²) in [5, 5.41) is 0. The molecule has 0 radical (unpaired) electrons. The van der Waals surface area contributed by atoms with E-state index in [9.17, 15) is 4.79 Å². The van der Waals surface area contributed by atoms with Crippen LogP contribution in [0.3, 0.4) is 0 Å². The fourth-order valence-electron chi connectivity index (χ4n) is 2.03. The zero-order valence-electron chi connectivity index (χ0n) is 8.84. The monoisotopic (exact) mass is 268 g/mol. The summed E-state index contributed by atoms with van der Waals surface area (Å²) in [7, 11) is 0. The van der Waals surface area contributed by atoms with Crippen LogP contribution in [-0.2, 0) is 6.42 Å². The van der Waals surface area contributed by atoms with Crippen LogP contribution in [0.1, 0.15) is 41.3 Å². The highest BCUT2D eigenvalue weighted by Crippen LogP contribution is 2.39. The van der Waals surface area contributed by atoms with Crippen LogP contribution in [0.5, 0.6) is 5.75 Å². The highest BCUT2D eigenvalue weighted by Gasteiger charge is 2.23. The number of carbonyl (C=O) groups is 1. The molecule has 1 aliphatic heterocycles. The number of benzene rings is 1. The smallest absolute Gasteiger partial charge is 0.151 e. The third-order valence-corrected chi connectivity index (χ3v) is 3.35. The molecule has 3 heteroatoms. The van der Waals surface area contributed by atoms with Crippen LogP contribution in [0.4, 0.5) is 0 Å². The van der Waals surface area contributed by atoms with Crippen LogP contribution in [0.2, 0.25) is 0 Å². The predicted octanol–water partition coefficient (Wildman–Crippen LogP) is 3.32. The second-order valence-electron chi connectivity index (χ2n) is 4.05. The maximum Gasteiger partial charge on any atom is 0.151 e. The van der Waals surface area contributed by atoms with Crippen molar-refractivity contribution in [3.8, 4) is 5.75 Å². The van der Waals surface area contributed by atoms with Gasteiger partial charge < -0.3 is 4.74 Å². The van der Waals surface area contributed by atoms with E-state index >= 15 is 0 Å². The second kappa shape index (κ2) is 3.97. The summed E-state index contributed by atoms with van der Waals surface area (Å²) in [6, 6.07) is 2.00. The van der Waals surface area contributed by atoms with Gasteiger partial charge in [-0.05, 0) is 17.5 Å². The van der Waals surface area contributed by atoms with Crippen molar-refractivity contribution in [1.29, 1.82) is 0 Å². The molecule has 0 unspecified atom stereocenters. The number of rotatable bonds is 2. The van der Waals surface area contributed by atoms with Crippen molar-refractivity contribution in [3.05, 3.63) is 27.2 Å². The molecule has 0 spiro atoms. The molecule has 0 aliphatic carbocycles. The van der Waals surface area contributed by atoms with Gasteiger partial charge in [-0.25, -0.2) is 0 Å². The molecular weight excluding hydrogens is 256 g/mol. The molecule has 0 saturated heterocycles. The summed E-state index contributed by atoms with van der Waals surface area (Å²) in [5.74, 6) is 1.23. The molecule has 0 N–H and O–H groups in total. The van der Waals surface area contributed by atoms with E-state index in [0.717, 1.165) is 40.7 Å². The summed E-state index contributed by atoms with van der Waals surface area (Å²) in [6.45, 7) is 4.89. The summed E-state index contributed by atoms with van der Waals surface area (Å²) < 4.78 is 6.49. The van der Waals surface area contributed by atoms with Gasteiger partial charge in [0.15, 0.2) is 6.29 Å². The lowest BCUT2D eigenvalue weighted by Gasteiger charge is -2.15. The number of carbonyl (C=O) groups excluding carboxylic acids is 1. The zero-order chi connectivity index (χ0) is 11.0. The molecule has 0 saturated carbocycles. The number of fused-ring (bicyclic) bond motifs is 1. The Morgan fingerprint density at radius 1 is 1.53 bits per heavy atom. The van der Waals surface area contributed by atoms with Gasteiger partial charge in [-0.15, -0.1) is 0 Å². The minimum Gasteiger partial charge on any atom is -0.493 e. The van der Waals surface area contributed by atoms with E-state index in [4.69, 9.17) is 4.74 Å². The first-order valence-corrected chi connectivity index (χ1v) is 5.87. The fraction of sp³-hybridized carbons (Fsp3) is 0.417. The van der Waals surface area contributed by atoms with Crippen molar-refractivity contribution in [2.24, 2.45) is 0 Å². The number of ether oxygens (including phenoxy) is 1. The molecule has 0 atom stereocenters. The van der Waals surface area contributed by atoms with Gasteiger partial charge in [-0.2, -0.15) is 0 Å². The van der Waals surface area contributed by atoms with Gasteiger partial charge in [0.05, 0.1) is 6.61 Å². The average Bonchev–Trinajstić information content (AvgIpc) is 2.62. The Kier molecular flexibility index (Phi) is 2.83. The van der Waals surface area contributed by atoms with Crippen molar-refractivity contribution in [3.63, 3.8) is 0 Å². The quantitative estimate of drug-likeness (QED) is 0.770. The second-order valence-corrected chi connectivity index (χ2v) is 4.90. The molecule has 1 aliphatic rings. The minimum atomic E-state index is 0.301. The van der Waals surface area contributed by atoms with Gasteiger partial charge in [-0.3, -0.25) is 4.79 Å². The van der Waals surface area contributed by atoms with Crippen LogP contribution in [0.25, 0.3) is 0 Å². The topological polar surface area (TPSA) is 26.3 Å². The number of halogens is 1. The number of hydrogen-bond acceptors (Lipinski definition) is 2. The largest absolute Gasteiger partial charge is 0.493 e. The van der Waals surface area contributed by atoms with Gasteiger partial charge in [0.1, 0.15) is 5.75 Å². The molecule has 15 heavy (non-hydrogen) atoms. The van der Waals surface area contributed by atoms with E-state index in [2.05, 4.69) is 29.8 Å². The predicted molar refractivity (Wildman–Crippen MR) is 62.8 cm³/mol. The highest BCUT2D eigenvalue weighted by atomic mass is 79.9. The minimum absolute atomic E-state index is 0.301. The maximum absolute atomic E-state index is 11.1. The lowest BCUT2D eigenvalue weighted by Crippen LogP contribution is -2.00. The van der Waals surface area contributed by atoms with E-state index in [0.29, 0.717) is 5.92 Å². The summed E-state index contributed by atoms with van der Waals surface area (Å²) in [4.78, 5) is 11.1. The molecule has 0 amide bonds.